The molecule has 0 aliphatic carbocycles. The molecule has 5 nitrogen and oxygen atoms in total. The Morgan fingerprint density at radius 1 is 1.14 bits per heavy atom. The summed E-state index contributed by atoms with van der Waals surface area (Å²) < 4.78 is 24.3. The monoisotopic (exact) mass is 304 g/mol. The fourth-order valence-corrected chi connectivity index (χ4v) is 3.05. The number of hydrogen-bond acceptors (Lipinski definition) is 4. The molecule has 0 bridgehead atoms. The van der Waals surface area contributed by atoms with Crippen molar-refractivity contribution in [2.24, 2.45) is 0 Å². The highest BCUT2D eigenvalue weighted by atomic mass is 32.2. The highest BCUT2D eigenvalue weighted by Crippen LogP contribution is 2.16. The molecule has 110 valence electrons. The molecule has 21 heavy (non-hydrogen) atoms. The standard InChI is InChI=1S/C15H16N2O3S/c1-11-5-2-3-8-14(11)17-15(18)10-21(19,20)13-7-4-6-12(16)9-13/h2-9H,10,16H2,1H3,(H,17,18). The Balaban J connectivity index is 2.14. The van der Waals surface area contributed by atoms with Gasteiger partial charge >= 0.3 is 0 Å². The van der Waals surface area contributed by atoms with E-state index in [0.29, 0.717) is 11.4 Å². The van der Waals surface area contributed by atoms with Crippen molar-refractivity contribution < 1.29 is 13.2 Å². The number of benzene rings is 2. The van der Waals surface area contributed by atoms with Gasteiger partial charge in [-0.25, -0.2) is 8.42 Å². The van der Waals surface area contributed by atoms with Gasteiger partial charge in [0.05, 0.1) is 4.90 Å². The summed E-state index contributed by atoms with van der Waals surface area (Å²) in [5.74, 6) is -1.20. The Morgan fingerprint density at radius 3 is 2.52 bits per heavy atom. The van der Waals surface area contributed by atoms with E-state index in [-0.39, 0.29) is 4.90 Å². The summed E-state index contributed by atoms with van der Waals surface area (Å²) in [6.07, 6.45) is 0. The van der Waals surface area contributed by atoms with Gasteiger partial charge in [-0.2, -0.15) is 0 Å². The topological polar surface area (TPSA) is 89.3 Å². The van der Waals surface area contributed by atoms with E-state index >= 15 is 0 Å². The molecule has 0 aliphatic heterocycles. The van der Waals surface area contributed by atoms with Crippen molar-refractivity contribution in [2.45, 2.75) is 11.8 Å². The minimum Gasteiger partial charge on any atom is -0.399 e. The fraction of sp³-hybridized carbons (Fsp3) is 0.133. The molecular weight excluding hydrogens is 288 g/mol. The van der Waals surface area contributed by atoms with E-state index in [9.17, 15) is 13.2 Å². The number of anilines is 2. The van der Waals surface area contributed by atoms with Gasteiger partial charge in [0, 0.05) is 11.4 Å². The molecule has 0 saturated heterocycles. The van der Waals surface area contributed by atoms with E-state index in [0.717, 1.165) is 5.56 Å². The molecule has 0 spiro atoms. The average molecular weight is 304 g/mol. The first kappa shape index (κ1) is 15.1. The zero-order valence-electron chi connectivity index (χ0n) is 11.5. The quantitative estimate of drug-likeness (QED) is 0.845. The summed E-state index contributed by atoms with van der Waals surface area (Å²) in [5.41, 5.74) is 7.38. The van der Waals surface area contributed by atoms with Gasteiger partial charge in [0.2, 0.25) is 5.91 Å². The van der Waals surface area contributed by atoms with Gasteiger partial charge in [-0.05, 0) is 36.8 Å². The molecule has 0 radical (unpaired) electrons. The van der Waals surface area contributed by atoms with Gasteiger partial charge in [0.1, 0.15) is 5.75 Å². The molecule has 0 aromatic heterocycles. The third-order valence-corrected chi connectivity index (χ3v) is 4.57. The molecular formula is C15H16N2O3S. The van der Waals surface area contributed by atoms with E-state index in [4.69, 9.17) is 5.73 Å². The van der Waals surface area contributed by atoms with E-state index in [1.165, 1.54) is 12.1 Å². The van der Waals surface area contributed by atoms with Crippen molar-refractivity contribution in [3.63, 3.8) is 0 Å². The van der Waals surface area contributed by atoms with Crippen LogP contribution in [0, 0.1) is 6.92 Å². The second-order valence-corrected chi connectivity index (χ2v) is 6.68. The van der Waals surface area contributed by atoms with Crippen molar-refractivity contribution in [1.29, 1.82) is 0 Å². The number of carbonyl (C=O) groups is 1. The molecule has 3 N–H and O–H groups in total. The van der Waals surface area contributed by atoms with Crippen molar-refractivity contribution in [3.05, 3.63) is 54.1 Å². The SMILES string of the molecule is Cc1ccccc1NC(=O)CS(=O)(=O)c1cccc(N)c1. The predicted molar refractivity (Wildman–Crippen MR) is 82.7 cm³/mol. The smallest absolute Gasteiger partial charge is 0.239 e. The number of sulfone groups is 1. The largest absolute Gasteiger partial charge is 0.399 e. The van der Waals surface area contributed by atoms with Crippen LogP contribution >= 0.6 is 0 Å². The summed E-state index contributed by atoms with van der Waals surface area (Å²) in [4.78, 5) is 12.0. The van der Waals surface area contributed by atoms with E-state index in [2.05, 4.69) is 5.32 Å². The van der Waals surface area contributed by atoms with Crippen molar-refractivity contribution >= 4 is 27.1 Å². The summed E-state index contributed by atoms with van der Waals surface area (Å²) in [6, 6.07) is 13.1. The first-order valence-corrected chi connectivity index (χ1v) is 7.97. The number of aryl methyl sites for hydroxylation is 1. The summed E-state index contributed by atoms with van der Waals surface area (Å²) in [6.45, 7) is 1.84. The molecule has 0 heterocycles. The minimum absolute atomic E-state index is 0.0439. The van der Waals surface area contributed by atoms with Crippen LogP contribution in [0.5, 0.6) is 0 Å². The van der Waals surface area contributed by atoms with Crippen molar-refractivity contribution in [2.75, 3.05) is 16.8 Å². The van der Waals surface area contributed by atoms with Crippen molar-refractivity contribution in [3.8, 4) is 0 Å². The molecule has 0 atom stereocenters. The molecule has 0 unspecified atom stereocenters. The molecule has 2 aromatic carbocycles. The Hall–Kier alpha value is -2.34. The number of para-hydroxylation sites is 1. The maximum Gasteiger partial charge on any atom is 0.239 e. The van der Waals surface area contributed by atoms with Crippen LogP contribution in [0.3, 0.4) is 0 Å². The number of hydrogen-bond donors (Lipinski definition) is 2. The lowest BCUT2D eigenvalue weighted by molar-refractivity contribution is -0.113. The van der Waals surface area contributed by atoms with E-state index in [1.54, 1.807) is 24.3 Å². The van der Waals surface area contributed by atoms with Crippen LogP contribution in [0.15, 0.2) is 53.4 Å². The minimum atomic E-state index is -3.71. The molecule has 0 saturated carbocycles. The van der Waals surface area contributed by atoms with Crippen LogP contribution in [0.2, 0.25) is 0 Å². The fourth-order valence-electron chi connectivity index (χ4n) is 1.86. The Bertz CT molecular complexity index is 770. The van der Waals surface area contributed by atoms with E-state index in [1.807, 2.05) is 19.1 Å². The number of nitrogen functional groups attached to an aromatic ring is 1. The number of nitrogens with two attached hydrogens (primary N) is 1. The van der Waals surface area contributed by atoms with Crippen LogP contribution in [0.25, 0.3) is 0 Å². The van der Waals surface area contributed by atoms with Crippen LogP contribution < -0.4 is 11.1 Å². The number of carbonyl (C=O) groups excluding carboxylic acids is 1. The van der Waals surface area contributed by atoms with E-state index < -0.39 is 21.5 Å². The second kappa shape index (κ2) is 5.97. The second-order valence-electron chi connectivity index (χ2n) is 4.69. The zero-order chi connectivity index (χ0) is 15.5. The first-order valence-electron chi connectivity index (χ1n) is 6.32. The maximum absolute atomic E-state index is 12.2. The maximum atomic E-state index is 12.2. The van der Waals surface area contributed by atoms with Gasteiger partial charge in [-0.3, -0.25) is 4.79 Å². The van der Waals surface area contributed by atoms with Crippen LogP contribution in [0.4, 0.5) is 11.4 Å². The first-order chi connectivity index (χ1) is 9.88. The summed E-state index contributed by atoms with van der Waals surface area (Å²) in [5, 5.41) is 2.60. The normalized spacial score (nSPS) is 11.1. The number of rotatable bonds is 4. The molecule has 0 aliphatic rings. The third-order valence-electron chi connectivity index (χ3n) is 2.96. The third kappa shape index (κ3) is 3.82. The Morgan fingerprint density at radius 2 is 1.86 bits per heavy atom. The van der Waals surface area contributed by atoms with Crippen molar-refractivity contribution in [1.82, 2.24) is 0 Å². The summed E-state index contributed by atoms with van der Waals surface area (Å²) in [7, 11) is -3.71. The molecule has 2 aromatic rings. The van der Waals surface area contributed by atoms with Crippen LogP contribution in [0.1, 0.15) is 5.56 Å². The van der Waals surface area contributed by atoms with Crippen LogP contribution in [-0.2, 0) is 14.6 Å². The van der Waals surface area contributed by atoms with Gasteiger partial charge < -0.3 is 11.1 Å². The van der Waals surface area contributed by atoms with Gasteiger partial charge in [-0.1, -0.05) is 24.3 Å². The van der Waals surface area contributed by atoms with Gasteiger partial charge in [0.15, 0.2) is 9.84 Å². The summed E-state index contributed by atoms with van der Waals surface area (Å²) >= 11 is 0. The predicted octanol–water partition coefficient (Wildman–Crippen LogP) is 1.99. The highest BCUT2D eigenvalue weighted by molar-refractivity contribution is 7.92. The molecule has 2 rings (SSSR count). The molecule has 6 heteroatoms. The Labute approximate surface area is 123 Å². The molecule has 0 fully saturated rings. The lowest BCUT2D eigenvalue weighted by Crippen LogP contribution is -2.23. The zero-order valence-corrected chi connectivity index (χ0v) is 12.4. The average Bonchev–Trinajstić information content (AvgIpc) is 2.41. The lowest BCUT2D eigenvalue weighted by atomic mass is 10.2. The van der Waals surface area contributed by atoms with Gasteiger partial charge in [0.25, 0.3) is 0 Å². The van der Waals surface area contributed by atoms with Gasteiger partial charge in [-0.15, -0.1) is 0 Å². The number of amides is 1. The lowest BCUT2D eigenvalue weighted by Gasteiger charge is -2.09. The molecule has 1 amide bonds. The van der Waals surface area contributed by atoms with Crippen LogP contribution in [-0.4, -0.2) is 20.1 Å². The highest BCUT2D eigenvalue weighted by Gasteiger charge is 2.19. The number of nitrogens with one attached hydrogen (secondary N) is 1. The Kier molecular flexibility index (Phi) is 4.28.